The summed E-state index contributed by atoms with van der Waals surface area (Å²) >= 11 is 9.86. The molecule has 2 aromatic rings. The Labute approximate surface area is 196 Å². The van der Waals surface area contributed by atoms with Gasteiger partial charge in [-0.1, -0.05) is 18.6 Å². The SMILES string of the molecule is CN1CCC=C(c2n[nH]cc2C(S)CCCC(S)c2c[nH]nc2C2=CCCN(C)C2)C1. The van der Waals surface area contributed by atoms with Gasteiger partial charge >= 0.3 is 0 Å². The molecule has 0 amide bonds. The zero-order valence-corrected chi connectivity index (χ0v) is 20.3. The molecule has 0 fully saturated rings. The highest BCUT2D eigenvalue weighted by Crippen LogP contribution is 2.36. The smallest absolute Gasteiger partial charge is 0.0933 e. The second-order valence-corrected chi connectivity index (χ2v) is 10.1. The van der Waals surface area contributed by atoms with Crippen molar-refractivity contribution in [3.8, 4) is 0 Å². The molecule has 31 heavy (non-hydrogen) atoms. The van der Waals surface area contributed by atoms with Crippen molar-refractivity contribution in [2.24, 2.45) is 0 Å². The number of hydrogen-bond donors (Lipinski definition) is 4. The van der Waals surface area contributed by atoms with Crippen LogP contribution in [0.5, 0.6) is 0 Å². The zero-order valence-electron chi connectivity index (χ0n) is 18.5. The average molecular weight is 459 g/mol. The third-order valence-electron chi connectivity index (χ3n) is 6.30. The molecule has 2 aliphatic heterocycles. The van der Waals surface area contributed by atoms with E-state index in [0.717, 1.165) is 69.7 Å². The van der Waals surface area contributed by atoms with Crippen molar-refractivity contribution in [3.63, 3.8) is 0 Å². The van der Waals surface area contributed by atoms with E-state index in [1.165, 1.54) is 22.3 Å². The molecule has 8 heteroatoms. The highest BCUT2D eigenvalue weighted by atomic mass is 32.1. The summed E-state index contributed by atoms with van der Waals surface area (Å²) in [5.41, 5.74) is 7.20. The molecule has 2 atom stereocenters. The summed E-state index contributed by atoms with van der Waals surface area (Å²) in [4.78, 5) is 4.68. The van der Waals surface area contributed by atoms with Gasteiger partial charge in [0.2, 0.25) is 0 Å². The Balaban J connectivity index is 1.35. The molecule has 2 N–H and O–H groups in total. The predicted octanol–water partition coefficient (Wildman–Crippen LogP) is 4.38. The van der Waals surface area contributed by atoms with Gasteiger partial charge in [-0.3, -0.25) is 10.2 Å². The predicted molar refractivity (Wildman–Crippen MR) is 135 cm³/mol. The minimum Gasteiger partial charge on any atom is -0.302 e. The summed E-state index contributed by atoms with van der Waals surface area (Å²) < 4.78 is 0. The van der Waals surface area contributed by atoms with Crippen molar-refractivity contribution >= 4 is 36.4 Å². The van der Waals surface area contributed by atoms with Crippen LogP contribution >= 0.6 is 25.3 Å². The van der Waals surface area contributed by atoms with Crippen LogP contribution in [0, 0.1) is 0 Å². The lowest BCUT2D eigenvalue weighted by atomic mass is 9.97. The number of aromatic amines is 2. The van der Waals surface area contributed by atoms with Crippen molar-refractivity contribution in [3.05, 3.63) is 47.1 Å². The first kappa shape index (κ1) is 22.7. The Bertz CT molecular complexity index is 856. The van der Waals surface area contributed by atoms with Gasteiger partial charge in [-0.05, 0) is 50.9 Å². The minimum atomic E-state index is 0.168. The van der Waals surface area contributed by atoms with Gasteiger partial charge in [0.1, 0.15) is 0 Å². The molecule has 0 aliphatic carbocycles. The Kier molecular flexibility index (Phi) is 7.63. The van der Waals surface area contributed by atoms with E-state index in [0.29, 0.717) is 0 Å². The van der Waals surface area contributed by atoms with Crippen LogP contribution in [-0.4, -0.2) is 70.5 Å². The van der Waals surface area contributed by atoms with E-state index in [9.17, 15) is 0 Å². The number of likely N-dealkylation sites (N-methyl/N-ethyl adjacent to an activating group) is 2. The largest absolute Gasteiger partial charge is 0.302 e. The van der Waals surface area contributed by atoms with Crippen LogP contribution in [-0.2, 0) is 0 Å². The molecule has 0 radical (unpaired) electrons. The molecular formula is C23H34N6S2. The number of hydrogen-bond acceptors (Lipinski definition) is 6. The van der Waals surface area contributed by atoms with Gasteiger partial charge in [-0.25, -0.2) is 0 Å². The second kappa shape index (κ2) is 10.4. The summed E-state index contributed by atoms with van der Waals surface area (Å²) in [5.74, 6) is 0. The monoisotopic (exact) mass is 458 g/mol. The van der Waals surface area contributed by atoms with Gasteiger partial charge < -0.3 is 9.80 Å². The number of nitrogens with zero attached hydrogens (tertiary/aromatic N) is 4. The number of aromatic nitrogens is 4. The summed E-state index contributed by atoms with van der Waals surface area (Å²) in [7, 11) is 4.33. The lowest BCUT2D eigenvalue weighted by Gasteiger charge is -2.23. The van der Waals surface area contributed by atoms with Crippen LogP contribution in [0.3, 0.4) is 0 Å². The lowest BCUT2D eigenvalue weighted by molar-refractivity contribution is 0.372. The summed E-state index contributed by atoms with van der Waals surface area (Å²) in [6.07, 6.45) is 13.9. The molecule has 0 bridgehead atoms. The molecule has 0 aromatic carbocycles. The summed E-state index contributed by atoms with van der Waals surface area (Å²) in [6, 6.07) is 0. The minimum absolute atomic E-state index is 0.168. The normalized spacial score (nSPS) is 20.4. The number of rotatable bonds is 8. The van der Waals surface area contributed by atoms with Gasteiger partial charge in [0.05, 0.1) is 11.4 Å². The van der Waals surface area contributed by atoms with Gasteiger partial charge in [0, 0.05) is 60.2 Å². The Morgan fingerprint density at radius 2 is 1.29 bits per heavy atom. The molecule has 2 aromatic heterocycles. The third-order valence-corrected chi connectivity index (χ3v) is 7.38. The molecular weight excluding hydrogens is 424 g/mol. The zero-order chi connectivity index (χ0) is 21.8. The van der Waals surface area contributed by atoms with E-state index >= 15 is 0 Å². The van der Waals surface area contributed by atoms with E-state index in [2.05, 4.69) is 56.4 Å². The highest BCUT2D eigenvalue weighted by Gasteiger charge is 2.22. The first-order chi connectivity index (χ1) is 15.0. The standard InChI is InChI=1S/C23H34N6S2/c1-28-10-4-6-16(14-28)22-18(12-24-26-22)20(30)8-3-9-21(31)19-13-25-27-23(19)17-7-5-11-29(2)15-17/h6-7,12-13,20-21,30-31H,3-5,8-11,14-15H2,1-2H3,(H,24,26)(H,25,27). The molecule has 2 unspecified atom stereocenters. The number of H-pyrrole nitrogens is 2. The van der Waals surface area contributed by atoms with Crippen molar-refractivity contribution < 1.29 is 0 Å². The highest BCUT2D eigenvalue weighted by molar-refractivity contribution is 7.80. The van der Waals surface area contributed by atoms with Crippen molar-refractivity contribution in [2.45, 2.75) is 42.6 Å². The van der Waals surface area contributed by atoms with Crippen molar-refractivity contribution in [2.75, 3.05) is 40.3 Å². The first-order valence-corrected chi connectivity index (χ1v) is 12.3. The van der Waals surface area contributed by atoms with Crippen LogP contribution in [0.25, 0.3) is 11.1 Å². The summed E-state index contributed by atoms with van der Waals surface area (Å²) in [5, 5.41) is 15.5. The number of thiol groups is 2. The van der Waals surface area contributed by atoms with Crippen LogP contribution in [0.1, 0.15) is 65.1 Å². The summed E-state index contributed by atoms with van der Waals surface area (Å²) in [6.45, 7) is 4.12. The quantitative estimate of drug-likeness (QED) is 0.443. The van der Waals surface area contributed by atoms with Crippen molar-refractivity contribution in [1.82, 2.24) is 30.2 Å². The van der Waals surface area contributed by atoms with E-state index in [1.807, 2.05) is 12.4 Å². The van der Waals surface area contributed by atoms with Crippen LogP contribution in [0.2, 0.25) is 0 Å². The maximum Gasteiger partial charge on any atom is 0.0933 e. The van der Waals surface area contributed by atoms with E-state index in [-0.39, 0.29) is 10.5 Å². The van der Waals surface area contributed by atoms with E-state index in [4.69, 9.17) is 25.3 Å². The maximum atomic E-state index is 4.93. The third kappa shape index (κ3) is 5.48. The second-order valence-electron chi connectivity index (χ2n) is 8.85. The Hall–Kier alpha value is -1.48. The van der Waals surface area contributed by atoms with Crippen LogP contribution < -0.4 is 0 Å². The van der Waals surface area contributed by atoms with E-state index in [1.54, 1.807) is 0 Å². The van der Waals surface area contributed by atoms with Gasteiger partial charge in [-0.15, -0.1) is 0 Å². The fraction of sp³-hybridized carbons (Fsp3) is 0.565. The molecule has 0 saturated heterocycles. The van der Waals surface area contributed by atoms with E-state index < -0.39 is 0 Å². The topological polar surface area (TPSA) is 63.8 Å². The Morgan fingerprint density at radius 1 is 0.839 bits per heavy atom. The molecule has 6 nitrogen and oxygen atoms in total. The fourth-order valence-electron chi connectivity index (χ4n) is 4.57. The lowest BCUT2D eigenvalue weighted by Crippen LogP contribution is -2.25. The Morgan fingerprint density at radius 3 is 1.71 bits per heavy atom. The van der Waals surface area contributed by atoms with Crippen molar-refractivity contribution in [1.29, 1.82) is 0 Å². The molecule has 0 spiro atoms. The molecule has 0 saturated carbocycles. The van der Waals surface area contributed by atoms with Gasteiger partial charge in [0.15, 0.2) is 0 Å². The van der Waals surface area contributed by atoms with Crippen LogP contribution in [0.15, 0.2) is 24.5 Å². The van der Waals surface area contributed by atoms with Gasteiger partial charge in [-0.2, -0.15) is 35.5 Å². The van der Waals surface area contributed by atoms with Crippen LogP contribution in [0.4, 0.5) is 0 Å². The molecule has 2 aliphatic rings. The number of nitrogens with one attached hydrogen (secondary N) is 2. The molecule has 168 valence electrons. The van der Waals surface area contributed by atoms with Gasteiger partial charge in [0.25, 0.3) is 0 Å². The molecule has 4 rings (SSSR count). The first-order valence-electron chi connectivity index (χ1n) is 11.2. The average Bonchev–Trinajstić information content (AvgIpc) is 3.43. The molecule has 4 heterocycles. The maximum absolute atomic E-state index is 4.93. The fourth-order valence-corrected chi connectivity index (χ4v) is 5.33.